The summed E-state index contributed by atoms with van der Waals surface area (Å²) in [5.41, 5.74) is 1.81. The predicted octanol–water partition coefficient (Wildman–Crippen LogP) is 3.88. The third-order valence-corrected chi connectivity index (χ3v) is 4.34. The summed E-state index contributed by atoms with van der Waals surface area (Å²) in [6.07, 6.45) is 2.59. The van der Waals surface area contributed by atoms with Crippen LogP contribution in [0.25, 0.3) is 5.57 Å². The van der Waals surface area contributed by atoms with Gasteiger partial charge in [0.05, 0.1) is 31.9 Å². The zero-order valence-corrected chi connectivity index (χ0v) is 15.5. The molecule has 0 saturated carbocycles. The number of carbonyl (C=O) groups is 1. The molecule has 2 heterocycles. The fraction of sp³-hybridized carbons (Fsp3) is 0.550. The van der Waals surface area contributed by atoms with E-state index in [2.05, 4.69) is 12.1 Å². The predicted molar refractivity (Wildman–Crippen MR) is 96.7 cm³/mol. The van der Waals surface area contributed by atoms with Crippen LogP contribution in [0.3, 0.4) is 0 Å². The van der Waals surface area contributed by atoms with E-state index >= 15 is 0 Å². The zero-order valence-electron chi connectivity index (χ0n) is 15.5. The van der Waals surface area contributed by atoms with Crippen LogP contribution in [0.5, 0.6) is 5.75 Å². The fourth-order valence-electron chi connectivity index (χ4n) is 3.41. The summed E-state index contributed by atoms with van der Waals surface area (Å²) in [4.78, 5) is 14.5. The van der Waals surface area contributed by atoms with Crippen molar-refractivity contribution in [2.75, 3.05) is 19.8 Å². The average molecular weight is 345 g/mol. The van der Waals surface area contributed by atoms with Gasteiger partial charge in [-0.1, -0.05) is 24.3 Å². The molecule has 2 unspecified atom stereocenters. The maximum atomic E-state index is 12.6. The Hall–Kier alpha value is -2.01. The average Bonchev–Trinajstić information content (AvgIpc) is 2.53. The van der Waals surface area contributed by atoms with E-state index in [4.69, 9.17) is 14.2 Å². The summed E-state index contributed by atoms with van der Waals surface area (Å²) in [5, 5.41) is 0. The van der Waals surface area contributed by atoms with Gasteiger partial charge in [-0.3, -0.25) is 4.90 Å². The van der Waals surface area contributed by atoms with Crippen molar-refractivity contribution in [3.05, 3.63) is 35.9 Å². The van der Waals surface area contributed by atoms with Crippen LogP contribution >= 0.6 is 0 Å². The van der Waals surface area contributed by atoms with E-state index in [1.807, 2.05) is 50.8 Å². The van der Waals surface area contributed by atoms with Gasteiger partial charge < -0.3 is 14.2 Å². The zero-order chi connectivity index (χ0) is 18.0. The molecule has 2 atom stereocenters. The van der Waals surface area contributed by atoms with Crippen molar-refractivity contribution >= 4 is 11.7 Å². The van der Waals surface area contributed by atoms with E-state index in [1.165, 1.54) is 5.57 Å². The first-order valence-electron chi connectivity index (χ1n) is 8.91. The molecule has 0 aliphatic carbocycles. The molecule has 5 nitrogen and oxygen atoms in total. The molecular formula is C20H27NO4. The standard InChI is InChI=1S/C20H27NO4/c1-5-24-18-9-7-6-8-17(18)14-10-15-12-23-13-16(11-14)21(15)19(22)25-20(2,3)4/h6-10,15-16H,5,11-13H2,1-4H3. The molecular weight excluding hydrogens is 318 g/mol. The van der Waals surface area contributed by atoms with E-state index in [0.717, 1.165) is 17.7 Å². The van der Waals surface area contributed by atoms with Crippen LogP contribution in [0.15, 0.2) is 30.3 Å². The smallest absolute Gasteiger partial charge is 0.411 e. The molecule has 136 valence electrons. The minimum atomic E-state index is -0.502. The van der Waals surface area contributed by atoms with Crippen LogP contribution in [0.1, 0.15) is 39.7 Å². The molecule has 1 aromatic rings. The second-order valence-electron chi connectivity index (χ2n) is 7.47. The number of amides is 1. The Morgan fingerprint density at radius 1 is 1.28 bits per heavy atom. The van der Waals surface area contributed by atoms with Crippen molar-refractivity contribution in [1.29, 1.82) is 0 Å². The van der Waals surface area contributed by atoms with Crippen LogP contribution in [0.4, 0.5) is 4.79 Å². The molecule has 1 aromatic carbocycles. The van der Waals surface area contributed by atoms with Gasteiger partial charge in [-0.05, 0) is 45.8 Å². The second-order valence-corrected chi connectivity index (χ2v) is 7.47. The highest BCUT2D eigenvalue weighted by molar-refractivity contribution is 5.76. The van der Waals surface area contributed by atoms with Crippen molar-refractivity contribution < 1.29 is 19.0 Å². The minimum absolute atomic E-state index is 0.0108. The van der Waals surface area contributed by atoms with Crippen LogP contribution in [-0.2, 0) is 9.47 Å². The molecule has 2 aliphatic heterocycles. The highest BCUT2D eigenvalue weighted by atomic mass is 16.6. The molecule has 25 heavy (non-hydrogen) atoms. The third-order valence-electron chi connectivity index (χ3n) is 4.34. The van der Waals surface area contributed by atoms with Crippen molar-refractivity contribution in [3.63, 3.8) is 0 Å². The summed E-state index contributed by atoms with van der Waals surface area (Å²) in [6, 6.07) is 7.96. The molecule has 1 fully saturated rings. The number of rotatable bonds is 3. The SMILES string of the molecule is CCOc1ccccc1C1=CC2COCC(C1)N2C(=O)OC(C)(C)C. The molecule has 5 heteroatoms. The quantitative estimate of drug-likeness (QED) is 0.834. The van der Waals surface area contributed by atoms with Crippen molar-refractivity contribution in [1.82, 2.24) is 4.90 Å². The number of ether oxygens (including phenoxy) is 3. The summed E-state index contributed by atoms with van der Waals surface area (Å²) < 4.78 is 17.1. The second kappa shape index (κ2) is 7.08. The Labute approximate surface area is 149 Å². The monoisotopic (exact) mass is 345 g/mol. The first-order chi connectivity index (χ1) is 11.9. The molecule has 3 rings (SSSR count). The first kappa shape index (κ1) is 17.8. The van der Waals surface area contributed by atoms with E-state index in [-0.39, 0.29) is 18.2 Å². The van der Waals surface area contributed by atoms with Crippen LogP contribution in [0.2, 0.25) is 0 Å². The summed E-state index contributed by atoms with van der Waals surface area (Å²) in [7, 11) is 0. The number of morpholine rings is 1. The summed E-state index contributed by atoms with van der Waals surface area (Å²) >= 11 is 0. The Balaban J connectivity index is 1.88. The Kier molecular flexibility index (Phi) is 5.04. The van der Waals surface area contributed by atoms with Gasteiger partial charge in [-0.15, -0.1) is 0 Å². The van der Waals surface area contributed by atoms with Crippen molar-refractivity contribution in [3.8, 4) is 5.75 Å². The molecule has 1 amide bonds. The van der Waals surface area contributed by atoms with Gasteiger partial charge in [0, 0.05) is 5.56 Å². The lowest BCUT2D eigenvalue weighted by molar-refractivity contribution is -0.0510. The van der Waals surface area contributed by atoms with Crippen LogP contribution in [-0.4, -0.2) is 48.5 Å². The molecule has 0 aromatic heterocycles. The van der Waals surface area contributed by atoms with E-state index < -0.39 is 5.60 Å². The number of hydrogen-bond acceptors (Lipinski definition) is 4. The lowest BCUT2D eigenvalue weighted by atomic mass is 9.89. The lowest BCUT2D eigenvalue weighted by Gasteiger charge is -2.44. The molecule has 1 saturated heterocycles. The topological polar surface area (TPSA) is 48.0 Å². The number of carbonyl (C=O) groups excluding carboxylic acids is 1. The van der Waals surface area contributed by atoms with Gasteiger partial charge >= 0.3 is 6.09 Å². The largest absolute Gasteiger partial charge is 0.493 e. The lowest BCUT2D eigenvalue weighted by Crippen LogP contribution is -2.57. The fourth-order valence-corrected chi connectivity index (χ4v) is 3.41. The van der Waals surface area contributed by atoms with Gasteiger partial charge in [0.2, 0.25) is 0 Å². The number of fused-ring (bicyclic) bond motifs is 2. The summed E-state index contributed by atoms with van der Waals surface area (Å²) in [5.74, 6) is 0.890. The molecule has 0 spiro atoms. The maximum absolute atomic E-state index is 12.6. The molecule has 2 aliphatic rings. The Bertz CT molecular complexity index is 662. The molecule has 0 N–H and O–H groups in total. The molecule has 2 bridgehead atoms. The molecule has 0 radical (unpaired) electrons. The Morgan fingerprint density at radius 2 is 2.04 bits per heavy atom. The summed E-state index contributed by atoms with van der Waals surface area (Å²) in [6.45, 7) is 9.31. The van der Waals surface area contributed by atoms with Crippen molar-refractivity contribution in [2.24, 2.45) is 0 Å². The van der Waals surface area contributed by atoms with Gasteiger partial charge in [0.15, 0.2) is 0 Å². The maximum Gasteiger partial charge on any atom is 0.411 e. The van der Waals surface area contributed by atoms with Crippen molar-refractivity contribution in [2.45, 2.75) is 51.8 Å². The third kappa shape index (κ3) is 3.98. The van der Waals surface area contributed by atoms with E-state index in [9.17, 15) is 4.79 Å². The van der Waals surface area contributed by atoms with E-state index in [0.29, 0.717) is 19.8 Å². The first-order valence-corrected chi connectivity index (χ1v) is 8.91. The van der Waals surface area contributed by atoms with Gasteiger partial charge in [-0.2, -0.15) is 0 Å². The minimum Gasteiger partial charge on any atom is -0.493 e. The van der Waals surface area contributed by atoms with E-state index in [1.54, 1.807) is 0 Å². The van der Waals surface area contributed by atoms with Gasteiger partial charge in [-0.25, -0.2) is 4.79 Å². The number of nitrogens with zero attached hydrogens (tertiary/aromatic N) is 1. The highest BCUT2D eigenvalue weighted by Crippen LogP contribution is 2.37. The van der Waals surface area contributed by atoms with Gasteiger partial charge in [0.25, 0.3) is 0 Å². The van der Waals surface area contributed by atoms with Crippen LogP contribution < -0.4 is 4.74 Å². The van der Waals surface area contributed by atoms with Gasteiger partial charge in [0.1, 0.15) is 11.4 Å². The number of benzene rings is 1. The highest BCUT2D eigenvalue weighted by Gasteiger charge is 2.40. The number of hydrogen-bond donors (Lipinski definition) is 0. The Morgan fingerprint density at radius 3 is 2.72 bits per heavy atom. The normalized spacial score (nSPS) is 23.0. The number of para-hydroxylation sites is 1. The van der Waals surface area contributed by atoms with Crippen LogP contribution in [0, 0.1) is 0 Å².